The molecule has 0 unspecified atom stereocenters. The molecule has 1 aliphatic heterocycles. The number of anilines is 1. The molecule has 2 heterocycles. The standard InChI is InChI=1S/C18H28N4O3/c1-11(2)15-6-5-12(3)7-8-22(15)18(24)21-13-9-14(16(19)23)17(25-4)20-10-13/h9-12,15H,5-8H2,1-4H3,(H2,19,23)(H,21,24)/t12-,15+/m1/s1. The summed E-state index contributed by atoms with van der Waals surface area (Å²) >= 11 is 0. The van der Waals surface area contributed by atoms with Crippen LogP contribution in [0.5, 0.6) is 5.88 Å². The van der Waals surface area contributed by atoms with E-state index in [1.54, 1.807) is 0 Å². The van der Waals surface area contributed by atoms with Crippen molar-refractivity contribution in [2.75, 3.05) is 19.0 Å². The number of ether oxygens (including phenoxy) is 1. The number of amides is 3. The van der Waals surface area contributed by atoms with Crippen molar-refractivity contribution in [2.24, 2.45) is 17.6 Å². The number of carbonyl (C=O) groups is 2. The largest absolute Gasteiger partial charge is 0.480 e. The van der Waals surface area contributed by atoms with Crippen LogP contribution in [-0.2, 0) is 0 Å². The summed E-state index contributed by atoms with van der Waals surface area (Å²) in [5, 5.41) is 2.85. The molecule has 0 spiro atoms. The summed E-state index contributed by atoms with van der Waals surface area (Å²) in [5.74, 6) is 0.493. The first kappa shape index (κ1) is 19.0. The van der Waals surface area contributed by atoms with Crippen molar-refractivity contribution in [1.29, 1.82) is 0 Å². The van der Waals surface area contributed by atoms with Gasteiger partial charge in [0.15, 0.2) is 0 Å². The van der Waals surface area contributed by atoms with Gasteiger partial charge in [-0.25, -0.2) is 9.78 Å². The average molecular weight is 348 g/mol. The molecule has 0 saturated carbocycles. The highest BCUT2D eigenvalue weighted by atomic mass is 16.5. The molecule has 0 radical (unpaired) electrons. The van der Waals surface area contributed by atoms with Gasteiger partial charge in [0.25, 0.3) is 5.91 Å². The van der Waals surface area contributed by atoms with Crippen molar-refractivity contribution in [1.82, 2.24) is 9.88 Å². The number of rotatable bonds is 4. The van der Waals surface area contributed by atoms with E-state index in [1.165, 1.54) is 19.4 Å². The zero-order valence-electron chi connectivity index (χ0n) is 15.4. The zero-order valence-corrected chi connectivity index (χ0v) is 15.4. The smallest absolute Gasteiger partial charge is 0.322 e. The Morgan fingerprint density at radius 1 is 1.36 bits per heavy atom. The predicted molar refractivity (Wildman–Crippen MR) is 96.7 cm³/mol. The number of aromatic nitrogens is 1. The van der Waals surface area contributed by atoms with Gasteiger partial charge in [-0.2, -0.15) is 0 Å². The molecule has 0 bridgehead atoms. The fourth-order valence-corrected chi connectivity index (χ4v) is 3.28. The van der Waals surface area contributed by atoms with Crippen LogP contribution in [0.15, 0.2) is 12.3 Å². The molecule has 3 amide bonds. The van der Waals surface area contributed by atoms with E-state index in [0.717, 1.165) is 25.8 Å². The fraction of sp³-hybridized carbons (Fsp3) is 0.611. The van der Waals surface area contributed by atoms with Gasteiger partial charge in [0.2, 0.25) is 5.88 Å². The third kappa shape index (κ3) is 4.61. The van der Waals surface area contributed by atoms with Crippen LogP contribution in [0.3, 0.4) is 0 Å². The number of nitrogens with zero attached hydrogens (tertiary/aromatic N) is 2. The Labute approximate surface area is 148 Å². The number of hydrogen-bond donors (Lipinski definition) is 2. The van der Waals surface area contributed by atoms with Gasteiger partial charge in [0.05, 0.1) is 19.0 Å². The summed E-state index contributed by atoms with van der Waals surface area (Å²) in [4.78, 5) is 30.3. The lowest BCUT2D eigenvalue weighted by atomic mass is 9.95. The van der Waals surface area contributed by atoms with Gasteiger partial charge in [0.1, 0.15) is 5.56 Å². The summed E-state index contributed by atoms with van der Waals surface area (Å²) < 4.78 is 5.02. The van der Waals surface area contributed by atoms with Gasteiger partial charge in [-0.1, -0.05) is 20.8 Å². The fourth-order valence-electron chi connectivity index (χ4n) is 3.28. The topological polar surface area (TPSA) is 97.6 Å². The molecule has 2 atom stereocenters. The molecule has 1 aromatic rings. The third-order valence-electron chi connectivity index (χ3n) is 4.81. The van der Waals surface area contributed by atoms with Gasteiger partial charge in [-0.15, -0.1) is 0 Å². The lowest BCUT2D eigenvalue weighted by molar-refractivity contribution is 0.0996. The lowest BCUT2D eigenvalue weighted by Crippen LogP contribution is -2.45. The van der Waals surface area contributed by atoms with Crippen LogP contribution in [0.2, 0.25) is 0 Å². The van der Waals surface area contributed by atoms with Gasteiger partial charge < -0.3 is 20.7 Å². The summed E-state index contributed by atoms with van der Waals surface area (Å²) in [6.45, 7) is 7.23. The van der Waals surface area contributed by atoms with Crippen LogP contribution in [0.4, 0.5) is 10.5 Å². The minimum atomic E-state index is -0.649. The number of pyridine rings is 1. The maximum Gasteiger partial charge on any atom is 0.322 e. The number of nitrogens with one attached hydrogen (secondary N) is 1. The molecule has 138 valence electrons. The number of methoxy groups -OCH3 is 1. The summed E-state index contributed by atoms with van der Waals surface area (Å²) in [6.07, 6.45) is 4.58. The first-order valence-electron chi connectivity index (χ1n) is 8.75. The normalized spacial score (nSPS) is 20.9. The Morgan fingerprint density at radius 3 is 2.68 bits per heavy atom. The lowest BCUT2D eigenvalue weighted by Gasteiger charge is -2.33. The van der Waals surface area contributed by atoms with Gasteiger partial charge >= 0.3 is 6.03 Å². The Balaban J connectivity index is 2.19. The van der Waals surface area contributed by atoms with E-state index in [-0.39, 0.29) is 23.5 Å². The highest BCUT2D eigenvalue weighted by Gasteiger charge is 2.29. The number of nitrogens with two attached hydrogens (primary N) is 1. The Bertz CT molecular complexity index is 633. The molecule has 1 fully saturated rings. The first-order chi connectivity index (χ1) is 11.8. The number of urea groups is 1. The molecular formula is C18H28N4O3. The summed E-state index contributed by atoms with van der Waals surface area (Å²) in [6, 6.07) is 1.53. The molecule has 7 heteroatoms. The van der Waals surface area contributed by atoms with Crippen LogP contribution in [0.25, 0.3) is 0 Å². The van der Waals surface area contributed by atoms with E-state index < -0.39 is 5.91 Å². The number of likely N-dealkylation sites (tertiary alicyclic amines) is 1. The monoisotopic (exact) mass is 348 g/mol. The van der Waals surface area contributed by atoms with Crippen LogP contribution < -0.4 is 15.8 Å². The van der Waals surface area contributed by atoms with E-state index in [2.05, 4.69) is 31.1 Å². The molecule has 1 aliphatic rings. The minimum absolute atomic E-state index is 0.144. The Kier molecular flexibility index (Phi) is 6.22. The predicted octanol–water partition coefficient (Wildman–Crippen LogP) is 2.87. The molecule has 1 saturated heterocycles. The van der Waals surface area contributed by atoms with Crippen molar-refractivity contribution in [2.45, 2.75) is 46.1 Å². The molecule has 1 aromatic heterocycles. The van der Waals surface area contributed by atoms with E-state index in [1.807, 2.05) is 4.90 Å². The van der Waals surface area contributed by atoms with E-state index >= 15 is 0 Å². The quantitative estimate of drug-likeness (QED) is 0.874. The van der Waals surface area contributed by atoms with Crippen molar-refractivity contribution in [3.8, 4) is 5.88 Å². The summed E-state index contributed by atoms with van der Waals surface area (Å²) in [5.41, 5.74) is 5.92. The Morgan fingerprint density at radius 2 is 2.08 bits per heavy atom. The average Bonchev–Trinajstić information content (AvgIpc) is 2.76. The van der Waals surface area contributed by atoms with Crippen LogP contribution in [0, 0.1) is 11.8 Å². The molecule has 7 nitrogen and oxygen atoms in total. The van der Waals surface area contributed by atoms with Crippen LogP contribution >= 0.6 is 0 Å². The van der Waals surface area contributed by atoms with Crippen molar-refractivity contribution in [3.63, 3.8) is 0 Å². The van der Waals surface area contributed by atoms with Crippen molar-refractivity contribution >= 4 is 17.6 Å². The first-order valence-corrected chi connectivity index (χ1v) is 8.75. The van der Waals surface area contributed by atoms with Crippen molar-refractivity contribution in [3.05, 3.63) is 17.8 Å². The van der Waals surface area contributed by atoms with Gasteiger partial charge in [-0.3, -0.25) is 4.79 Å². The van der Waals surface area contributed by atoms with Gasteiger partial charge in [0, 0.05) is 12.6 Å². The SMILES string of the molecule is COc1ncc(NC(=O)N2CC[C@H](C)CC[C@H]2C(C)C)cc1C(N)=O. The molecule has 3 N–H and O–H groups in total. The number of carbonyl (C=O) groups excluding carboxylic acids is 2. The Hall–Kier alpha value is -2.31. The summed E-state index contributed by atoms with van der Waals surface area (Å²) in [7, 11) is 1.42. The zero-order chi connectivity index (χ0) is 18.6. The third-order valence-corrected chi connectivity index (χ3v) is 4.81. The molecule has 0 aliphatic carbocycles. The molecule has 0 aromatic carbocycles. The minimum Gasteiger partial charge on any atom is -0.480 e. The van der Waals surface area contributed by atoms with E-state index in [4.69, 9.17) is 10.5 Å². The number of primary amides is 1. The molecular weight excluding hydrogens is 320 g/mol. The van der Waals surface area contributed by atoms with Crippen LogP contribution in [0.1, 0.15) is 50.4 Å². The number of hydrogen-bond acceptors (Lipinski definition) is 4. The van der Waals surface area contributed by atoms with Crippen molar-refractivity contribution < 1.29 is 14.3 Å². The van der Waals surface area contributed by atoms with E-state index in [9.17, 15) is 9.59 Å². The van der Waals surface area contributed by atoms with Crippen LogP contribution in [-0.4, -0.2) is 41.5 Å². The second-order valence-electron chi connectivity index (χ2n) is 7.05. The maximum atomic E-state index is 12.8. The maximum absolute atomic E-state index is 12.8. The van der Waals surface area contributed by atoms with E-state index in [0.29, 0.717) is 17.5 Å². The highest BCUT2D eigenvalue weighted by Crippen LogP contribution is 2.27. The highest BCUT2D eigenvalue weighted by molar-refractivity contribution is 5.97. The second kappa shape index (κ2) is 8.18. The molecule has 2 rings (SSSR count). The van der Waals surface area contributed by atoms with Gasteiger partial charge in [-0.05, 0) is 37.2 Å². The molecule has 25 heavy (non-hydrogen) atoms. The second-order valence-corrected chi connectivity index (χ2v) is 7.05.